The molecule has 3 aromatic carbocycles. The average Bonchev–Trinajstić information content (AvgIpc) is 2.77. The van der Waals surface area contributed by atoms with E-state index in [4.69, 9.17) is 10.5 Å². The third-order valence-electron chi connectivity index (χ3n) is 5.50. The maximum atomic E-state index is 11.7. The number of ether oxygens (including phenoxy) is 1. The fraction of sp³-hybridized carbons (Fsp3) is 0.222. The highest BCUT2D eigenvalue weighted by atomic mass is 16.5. The molecule has 3 nitrogen and oxygen atoms in total. The summed E-state index contributed by atoms with van der Waals surface area (Å²) in [5.41, 5.74) is 13.1. The number of amides is 1. The van der Waals surface area contributed by atoms with E-state index < -0.39 is 0 Å². The van der Waals surface area contributed by atoms with Crippen LogP contribution in [0.1, 0.15) is 43.4 Å². The number of benzene rings is 3. The van der Waals surface area contributed by atoms with Crippen molar-refractivity contribution in [2.75, 3.05) is 0 Å². The zero-order valence-corrected chi connectivity index (χ0v) is 17.9. The molecule has 3 rings (SSSR count). The molecule has 0 aromatic heterocycles. The van der Waals surface area contributed by atoms with Crippen molar-refractivity contribution in [1.29, 1.82) is 0 Å². The van der Waals surface area contributed by atoms with Crippen LogP contribution in [0.2, 0.25) is 0 Å². The minimum absolute atomic E-state index is 0.344. The molecule has 1 amide bonds. The molecule has 30 heavy (non-hydrogen) atoms. The Morgan fingerprint density at radius 2 is 1.57 bits per heavy atom. The van der Waals surface area contributed by atoms with Gasteiger partial charge in [0.25, 0.3) is 0 Å². The summed E-state index contributed by atoms with van der Waals surface area (Å²) in [4.78, 5) is 11.7. The third-order valence-corrected chi connectivity index (χ3v) is 5.50. The first-order valence-electron chi connectivity index (χ1n) is 10.4. The molecule has 0 heterocycles. The van der Waals surface area contributed by atoms with Gasteiger partial charge in [0.2, 0.25) is 5.91 Å². The molecular formula is C27H29NO2. The van der Waals surface area contributed by atoms with Gasteiger partial charge in [-0.25, -0.2) is 0 Å². The number of carbonyl (C=O) groups excluding carboxylic acids is 1. The predicted molar refractivity (Wildman–Crippen MR) is 124 cm³/mol. The summed E-state index contributed by atoms with van der Waals surface area (Å²) in [7, 11) is 0. The second-order valence-corrected chi connectivity index (χ2v) is 7.30. The van der Waals surface area contributed by atoms with Crippen LogP contribution in [0.15, 0.2) is 78.4 Å². The summed E-state index contributed by atoms with van der Waals surface area (Å²) in [5, 5.41) is 0. The lowest BCUT2D eigenvalue weighted by Gasteiger charge is -2.14. The van der Waals surface area contributed by atoms with Gasteiger partial charge in [-0.15, -0.1) is 0 Å². The van der Waals surface area contributed by atoms with E-state index in [1.54, 1.807) is 0 Å². The van der Waals surface area contributed by atoms with E-state index in [0.29, 0.717) is 18.6 Å². The molecule has 0 saturated heterocycles. The van der Waals surface area contributed by atoms with Gasteiger partial charge in [0.15, 0.2) is 0 Å². The summed E-state index contributed by atoms with van der Waals surface area (Å²) in [5.74, 6) is 0.458. The van der Waals surface area contributed by atoms with E-state index in [9.17, 15) is 4.79 Å². The van der Waals surface area contributed by atoms with Crippen LogP contribution in [0.25, 0.3) is 16.7 Å². The summed E-state index contributed by atoms with van der Waals surface area (Å²) in [6.07, 6.45) is 1.39. The van der Waals surface area contributed by atoms with Crippen LogP contribution in [0.4, 0.5) is 0 Å². The number of hydrogen-bond donors (Lipinski definition) is 1. The molecule has 0 fully saturated rings. The lowest BCUT2D eigenvalue weighted by atomic mass is 9.95. The monoisotopic (exact) mass is 399 g/mol. The van der Waals surface area contributed by atoms with E-state index in [0.717, 1.165) is 28.9 Å². The average molecular weight is 400 g/mol. The van der Waals surface area contributed by atoms with Crippen molar-refractivity contribution in [3.63, 3.8) is 0 Å². The highest BCUT2D eigenvalue weighted by Gasteiger charge is 2.12. The van der Waals surface area contributed by atoms with Crippen molar-refractivity contribution in [3.8, 4) is 16.9 Å². The number of carbonyl (C=O) groups is 1. The maximum absolute atomic E-state index is 11.7. The first-order valence-corrected chi connectivity index (χ1v) is 10.4. The first kappa shape index (κ1) is 21.4. The SMILES string of the molecule is CCC(C(N)=O)=C(CC)c1ccc(OCc2cccc(-c3ccccc3)c2C)cc1. The summed E-state index contributed by atoms with van der Waals surface area (Å²) < 4.78 is 6.06. The molecule has 0 aliphatic carbocycles. The van der Waals surface area contributed by atoms with Gasteiger partial charge in [-0.2, -0.15) is 0 Å². The summed E-state index contributed by atoms with van der Waals surface area (Å²) in [6, 6.07) is 24.6. The second-order valence-electron chi connectivity index (χ2n) is 7.30. The van der Waals surface area contributed by atoms with Crippen molar-refractivity contribution >= 4 is 11.5 Å². The lowest BCUT2D eigenvalue weighted by Crippen LogP contribution is -2.15. The predicted octanol–water partition coefficient (Wildman–Crippen LogP) is 6.30. The van der Waals surface area contributed by atoms with E-state index in [1.165, 1.54) is 16.7 Å². The van der Waals surface area contributed by atoms with Crippen LogP contribution < -0.4 is 10.5 Å². The number of nitrogens with two attached hydrogens (primary N) is 1. The molecule has 3 heteroatoms. The van der Waals surface area contributed by atoms with E-state index in [1.807, 2.05) is 44.2 Å². The second kappa shape index (κ2) is 9.93. The van der Waals surface area contributed by atoms with E-state index in [-0.39, 0.29) is 5.91 Å². The van der Waals surface area contributed by atoms with Crippen molar-refractivity contribution in [2.45, 2.75) is 40.2 Å². The van der Waals surface area contributed by atoms with Crippen LogP contribution in [0, 0.1) is 6.92 Å². The fourth-order valence-corrected chi connectivity index (χ4v) is 3.81. The Balaban J connectivity index is 1.77. The molecule has 0 unspecified atom stereocenters. The molecule has 0 aliphatic heterocycles. The van der Waals surface area contributed by atoms with Crippen LogP contribution in [0.5, 0.6) is 5.75 Å². The van der Waals surface area contributed by atoms with Gasteiger partial charge in [-0.1, -0.05) is 74.5 Å². The highest BCUT2D eigenvalue weighted by Crippen LogP contribution is 2.28. The van der Waals surface area contributed by atoms with Crippen LogP contribution in [-0.4, -0.2) is 5.91 Å². The molecule has 0 radical (unpaired) electrons. The standard InChI is InChI=1S/C27H29NO2/c1-4-24(25(5-2)27(28)29)21-14-16-23(17-15-21)30-18-22-12-9-13-26(19(22)3)20-10-7-6-8-11-20/h6-17H,4-5,18H2,1-3H3,(H2,28,29). The molecule has 0 bridgehead atoms. The number of rotatable bonds is 8. The molecule has 0 saturated carbocycles. The van der Waals surface area contributed by atoms with Gasteiger partial charge in [-0.05, 0) is 65.3 Å². The topological polar surface area (TPSA) is 52.3 Å². The number of hydrogen-bond acceptors (Lipinski definition) is 2. The lowest BCUT2D eigenvalue weighted by molar-refractivity contribution is -0.114. The van der Waals surface area contributed by atoms with Crippen LogP contribution in [0.3, 0.4) is 0 Å². The minimum Gasteiger partial charge on any atom is -0.489 e. The largest absolute Gasteiger partial charge is 0.489 e. The van der Waals surface area contributed by atoms with E-state index >= 15 is 0 Å². The van der Waals surface area contributed by atoms with Gasteiger partial charge in [0.05, 0.1) is 0 Å². The van der Waals surface area contributed by atoms with Crippen molar-refractivity contribution in [2.24, 2.45) is 5.73 Å². The van der Waals surface area contributed by atoms with Crippen molar-refractivity contribution < 1.29 is 9.53 Å². The zero-order chi connectivity index (χ0) is 21.5. The molecular weight excluding hydrogens is 370 g/mol. The smallest absolute Gasteiger partial charge is 0.244 e. The molecule has 0 aliphatic rings. The minimum atomic E-state index is -0.344. The van der Waals surface area contributed by atoms with Crippen molar-refractivity contribution in [3.05, 3.63) is 95.1 Å². The Kier molecular flexibility index (Phi) is 7.08. The van der Waals surface area contributed by atoms with Crippen LogP contribution >= 0.6 is 0 Å². The Hall–Kier alpha value is -3.33. The molecule has 0 spiro atoms. The Bertz CT molecular complexity index is 1030. The fourth-order valence-electron chi connectivity index (χ4n) is 3.81. The third kappa shape index (κ3) is 4.80. The Morgan fingerprint density at radius 1 is 0.867 bits per heavy atom. The molecule has 0 atom stereocenters. The first-order chi connectivity index (χ1) is 14.5. The molecule has 2 N–H and O–H groups in total. The normalized spacial score (nSPS) is 11.7. The number of allylic oxidation sites excluding steroid dienone is 1. The number of primary amides is 1. The molecule has 3 aromatic rings. The Labute approximate surface area is 179 Å². The van der Waals surface area contributed by atoms with Gasteiger partial charge >= 0.3 is 0 Å². The van der Waals surface area contributed by atoms with Gasteiger partial charge in [-0.3, -0.25) is 4.79 Å². The van der Waals surface area contributed by atoms with Gasteiger partial charge in [0.1, 0.15) is 12.4 Å². The highest BCUT2D eigenvalue weighted by molar-refractivity contribution is 6.00. The van der Waals surface area contributed by atoms with Gasteiger partial charge in [0, 0.05) is 5.57 Å². The van der Waals surface area contributed by atoms with E-state index in [2.05, 4.69) is 49.4 Å². The molecule has 154 valence electrons. The van der Waals surface area contributed by atoms with Crippen LogP contribution in [-0.2, 0) is 11.4 Å². The Morgan fingerprint density at radius 3 is 2.17 bits per heavy atom. The summed E-state index contributed by atoms with van der Waals surface area (Å²) in [6.45, 7) is 6.64. The van der Waals surface area contributed by atoms with Gasteiger partial charge < -0.3 is 10.5 Å². The van der Waals surface area contributed by atoms with Crippen molar-refractivity contribution in [1.82, 2.24) is 0 Å². The summed E-state index contributed by atoms with van der Waals surface area (Å²) >= 11 is 0. The zero-order valence-electron chi connectivity index (χ0n) is 17.9. The quantitative estimate of drug-likeness (QED) is 0.452. The maximum Gasteiger partial charge on any atom is 0.244 e.